The highest BCUT2D eigenvalue weighted by Crippen LogP contribution is 2.59. The summed E-state index contributed by atoms with van der Waals surface area (Å²) in [6.07, 6.45) is 0. The Morgan fingerprint density at radius 2 is 0.833 bits per heavy atom. The number of benzene rings is 12. The van der Waals surface area contributed by atoms with Crippen LogP contribution in [0.5, 0.6) is 0 Å². The third-order valence-electron chi connectivity index (χ3n) is 17.1. The molecule has 2 heteroatoms. The topological polar surface area (TPSA) is 8.17 Å². The first-order chi connectivity index (χ1) is 38.5. The molecule has 0 aliphatic heterocycles. The summed E-state index contributed by atoms with van der Waals surface area (Å²) in [4.78, 5) is 2.46. The van der Waals surface area contributed by atoms with E-state index in [9.17, 15) is 0 Å². The van der Waals surface area contributed by atoms with Crippen molar-refractivity contribution in [1.82, 2.24) is 4.57 Å². The Morgan fingerprint density at radius 3 is 1.60 bits per heavy atom. The molecular weight excluding hydrogens is 941 g/mol. The van der Waals surface area contributed by atoms with E-state index in [0.29, 0.717) is 0 Å². The van der Waals surface area contributed by atoms with E-state index < -0.39 is 5.41 Å². The van der Waals surface area contributed by atoms with Gasteiger partial charge in [0.05, 0.1) is 27.8 Å². The van der Waals surface area contributed by atoms with E-state index >= 15 is 0 Å². The minimum atomic E-state index is -0.553. The summed E-state index contributed by atoms with van der Waals surface area (Å²) in [6, 6.07) is 108. The standard InChI is InChI=1S/C76H54N2/c1-75(2)67-38-16-12-35-62(67)65-50-59(44-45-68(65)75)77(58-32-21-26-53(48-58)51-23-6-3-7-24-51)70-40-18-14-33-60(70)55-27-20-25-52(47-55)54-43-46-72-66(49-54)63-36-15-19-41-71(63)78(72)73-42-22-37-64-61-34-13-17-39-69(61)76(74(64)73,56-28-8-4-9-29-56)57-30-10-5-11-31-57/h3-50H,1-2H3. The average Bonchev–Trinajstić information content (AvgIpc) is 4.01. The number of fused-ring (bicyclic) bond motifs is 9. The fraction of sp³-hybridized carbons (Fsp3) is 0.0526. The molecule has 0 amide bonds. The molecule has 0 radical (unpaired) electrons. The molecule has 368 valence electrons. The van der Waals surface area contributed by atoms with Gasteiger partial charge in [0.1, 0.15) is 0 Å². The Labute approximate surface area is 456 Å². The van der Waals surface area contributed by atoms with Crippen LogP contribution in [-0.4, -0.2) is 4.57 Å². The highest BCUT2D eigenvalue weighted by Gasteiger charge is 2.48. The molecule has 0 bridgehead atoms. The number of nitrogens with zero attached hydrogens (tertiary/aromatic N) is 2. The zero-order valence-electron chi connectivity index (χ0n) is 43.6. The van der Waals surface area contributed by atoms with Gasteiger partial charge in [0, 0.05) is 38.7 Å². The van der Waals surface area contributed by atoms with Crippen molar-refractivity contribution in [3.05, 3.63) is 325 Å². The van der Waals surface area contributed by atoms with Crippen molar-refractivity contribution >= 4 is 38.9 Å². The number of hydrogen-bond acceptors (Lipinski definition) is 1. The third kappa shape index (κ3) is 6.89. The van der Waals surface area contributed by atoms with Crippen molar-refractivity contribution in [2.45, 2.75) is 24.7 Å². The summed E-state index contributed by atoms with van der Waals surface area (Å²) in [7, 11) is 0. The van der Waals surface area contributed by atoms with Crippen LogP contribution in [0.2, 0.25) is 0 Å². The second-order valence-corrected chi connectivity index (χ2v) is 21.6. The Bertz CT molecular complexity index is 4430. The quantitative estimate of drug-likeness (QED) is 0.140. The first-order valence-electron chi connectivity index (χ1n) is 27.2. The van der Waals surface area contributed by atoms with Crippen molar-refractivity contribution in [1.29, 1.82) is 0 Å². The maximum atomic E-state index is 2.53. The summed E-state index contributed by atoms with van der Waals surface area (Å²) in [6.45, 7) is 4.71. The molecule has 1 aromatic heterocycles. The molecular formula is C76H54N2. The molecule has 12 aromatic carbocycles. The van der Waals surface area contributed by atoms with Crippen LogP contribution in [0.1, 0.15) is 47.2 Å². The minimum absolute atomic E-state index is 0.0937. The van der Waals surface area contributed by atoms with Gasteiger partial charge >= 0.3 is 0 Å². The number of para-hydroxylation sites is 2. The first kappa shape index (κ1) is 45.6. The van der Waals surface area contributed by atoms with Crippen LogP contribution >= 0.6 is 0 Å². The van der Waals surface area contributed by atoms with Gasteiger partial charge in [0.25, 0.3) is 0 Å². The second kappa shape index (κ2) is 17.9. The molecule has 0 saturated carbocycles. The molecule has 2 aliphatic rings. The molecule has 2 aliphatic carbocycles. The van der Waals surface area contributed by atoms with Crippen LogP contribution in [0, 0.1) is 0 Å². The highest BCUT2D eigenvalue weighted by molar-refractivity contribution is 6.11. The molecule has 2 nitrogen and oxygen atoms in total. The number of rotatable bonds is 9. The lowest BCUT2D eigenvalue weighted by atomic mass is 9.67. The number of aromatic nitrogens is 1. The van der Waals surface area contributed by atoms with Crippen LogP contribution < -0.4 is 4.90 Å². The third-order valence-corrected chi connectivity index (χ3v) is 17.1. The molecule has 13 aromatic rings. The van der Waals surface area contributed by atoms with E-state index in [-0.39, 0.29) is 5.41 Å². The van der Waals surface area contributed by atoms with E-state index in [1.54, 1.807) is 0 Å². The minimum Gasteiger partial charge on any atom is -0.310 e. The van der Waals surface area contributed by atoms with Crippen molar-refractivity contribution in [2.24, 2.45) is 0 Å². The van der Waals surface area contributed by atoms with Gasteiger partial charge in [0.15, 0.2) is 0 Å². The first-order valence-corrected chi connectivity index (χ1v) is 27.2. The smallest absolute Gasteiger partial charge is 0.0734 e. The van der Waals surface area contributed by atoms with Crippen LogP contribution in [0.3, 0.4) is 0 Å². The van der Waals surface area contributed by atoms with Crippen LogP contribution in [0.15, 0.2) is 291 Å². The summed E-state index contributed by atoms with van der Waals surface area (Å²) >= 11 is 0. The summed E-state index contributed by atoms with van der Waals surface area (Å²) < 4.78 is 2.53. The van der Waals surface area contributed by atoms with Gasteiger partial charge in [-0.1, -0.05) is 244 Å². The number of hydrogen-bond donors (Lipinski definition) is 0. The van der Waals surface area contributed by atoms with E-state index in [0.717, 1.165) is 28.2 Å². The Morgan fingerprint density at radius 1 is 0.308 bits per heavy atom. The lowest BCUT2D eigenvalue weighted by Gasteiger charge is -2.35. The van der Waals surface area contributed by atoms with Gasteiger partial charge in [-0.25, -0.2) is 0 Å². The summed E-state index contributed by atoms with van der Waals surface area (Å²) in [5.74, 6) is 0. The maximum absolute atomic E-state index is 2.53. The van der Waals surface area contributed by atoms with E-state index in [2.05, 4.69) is 315 Å². The summed E-state index contributed by atoms with van der Waals surface area (Å²) in [5, 5.41) is 2.44. The molecule has 0 atom stereocenters. The van der Waals surface area contributed by atoms with Crippen molar-refractivity contribution in [2.75, 3.05) is 4.90 Å². The van der Waals surface area contributed by atoms with Gasteiger partial charge in [-0.15, -0.1) is 0 Å². The normalized spacial score (nSPS) is 13.5. The van der Waals surface area contributed by atoms with E-state index in [1.165, 1.54) is 105 Å². The van der Waals surface area contributed by atoms with Crippen molar-refractivity contribution in [3.8, 4) is 61.3 Å². The molecule has 0 fully saturated rings. The molecule has 0 spiro atoms. The molecule has 0 N–H and O–H groups in total. The number of anilines is 3. The Hall–Kier alpha value is -9.76. The van der Waals surface area contributed by atoms with E-state index in [1.807, 2.05) is 0 Å². The molecule has 78 heavy (non-hydrogen) atoms. The Kier molecular flexibility index (Phi) is 10.5. The molecule has 15 rings (SSSR count). The summed E-state index contributed by atoms with van der Waals surface area (Å²) in [5.41, 5.74) is 26.2. The lowest BCUT2D eigenvalue weighted by Crippen LogP contribution is -2.29. The zero-order chi connectivity index (χ0) is 52.0. The van der Waals surface area contributed by atoms with Crippen LogP contribution in [-0.2, 0) is 10.8 Å². The largest absolute Gasteiger partial charge is 0.310 e. The van der Waals surface area contributed by atoms with Crippen LogP contribution in [0.25, 0.3) is 83.1 Å². The van der Waals surface area contributed by atoms with Crippen molar-refractivity contribution < 1.29 is 0 Å². The fourth-order valence-corrected chi connectivity index (χ4v) is 13.6. The van der Waals surface area contributed by atoms with Crippen LogP contribution in [0.4, 0.5) is 17.1 Å². The Balaban J connectivity index is 0.886. The highest BCUT2D eigenvalue weighted by atomic mass is 15.1. The molecule has 1 heterocycles. The SMILES string of the molecule is CC1(C)c2ccccc2-c2cc(N(c3cccc(-c4ccccc4)c3)c3ccccc3-c3cccc(-c4ccc5c(c4)c4ccccc4n5-c4cccc5c4C(c4ccccc4)(c4ccccc4)c4ccccc4-5)c3)ccc21. The molecule has 0 saturated heterocycles. The van der Waals surface area contributed by atoms with E-state index in [4.69, 9.17) is 0 Å². The van der Waals surface area contributed by atoms with Crippen molar-refractivity contribution in [3.63, 3.8) is 0 Å². The molecule has 0 unspecified atom stereocenters. The van der Waals surface area contributed by atoms with Gasteiger partial charge in [-0.3, -0.25) is 0 Å². The van der Waals surface area contributed by atoms with Gasteiger partial charge < -0.3 is 9.47 Å². The zero-order valence-corrected chi connectivity index (χ0v) is 43.6. The van der Waals surface area contributed by atoms with Gasteiger partial charge in [0.2, 0.25) is 0 Å². The maximum Gasteiger partial charge on any atom is 0.0734 e. The fourth-order valence-electron chi connectivity index (χ4n) is 13.6. The second-order valence-electron chi connectivity index (χ2n) is 21.6. The van der Waals surface area contributed by atoms with Gasteiger partial charge in [-0.05, 0) is 139 Å². The monoisotopic (exact) mass is 994 g/mol. The lowest BCUT2D eigenvalue weighted by molar-refractivity contribution is 0.660. The predicted octanol–water partition coefficient (Wildman–Crippen LogP) is 19.9. The average molecular weight is 995 g/mol. The predicted molar refractivity (Wildman–Crippen MR) is 327 cm³/mol. The van der Waals surface area contributed by atoms with Gasteiger partial charge in [-0.2, -0.15) is 0 Å².